The Bertz CT molecular complexity index is 732. The summed E-state index contributed by atoms with van der Waals surface area (Å²) in [4.78, 5) is 34.6. The number of rotatable bonds is 4. The van der Waals surface area contributed by atoms with E-state index in [1.165, 1.54) is 18.3 Å². The van der Waals surface area contributed by atoms with E-state index in [-0.39, 0.29) is 12.1 Å². The Morgan fingerprint density at radius 2 is 1.86 bits per heavy atom. The standard InChI is InChI=1S/C15H14N2O4/c1-10-4-6-11(7-5-10)16-13(18)9-17-8-2-3-12(14(17)19)15(20)21/h2-8H,9H2,1H3,(H,16,18)(H,20,21). The van der Waals surface area contributed by atoms with Crippen molar-refractivity contribution >= 4 is 17.6 Å². The van der Waals surface area contributed by atoms with Gasteiger partial charge in [-0.15, -0.1) is 0 Å². The molecule has 2 rings (SSSR count). The number of aryl methyl sites for hydroxylation is 1. The number of nitrogens with one attached hydrogen (secondary N) is 1. The highest BCUT2D eigenvalue weighted by Crippen LogP contribution is 2.08. The smallest absolute Gasteiger partial charge is 0.341 e. The van der Waals surface area contributed by atoms with Gasteiger partial charge in [-0.2, -0.15) is 0 Å². The zero-order chi connectivity index (χ0) is 15.4. The predicted octanol–water partition coefficient (Wildman–Crippen LogP) is 1.49. The molecule has 21 heavy (non-hydrogen) atoms. The number of carboxylic acid groups (broad SMARTS) is 1. The summed E-state index contributed by atoms with van der Waals surface area (Å²) in [6.45, 7) is 1.69. The zero-order valence-corrected chi connectivity index (χ0v) is 11.4. The molecule has 1 heterocycles. The van der Waals surface area contributed by atoms with Crippen LogP contribution in [0.3, 0.4) is 0 Å². The lowest BCUT2D eigenvalue weighted by Gasteiger charge is -2.08. The minimum atomic E-state index is -1.31. The maximum absolute atomic E-state index is 11.9. The fourth-order valence-electron chi connectivity index (χ4n) is 1.82. The van der Waals surface area contributed by atoms with Crippen molar-refractivity contribution in [2.24, 2.45) is 0 Å². The number of carboxylic acids is 1. The second kappa shape index (κ2) is 6.04. The van der Waals surface area contributed by atoms with Gasteiger partial charge in [-0.05, 0) is 31.2 Å². The van der Waals surface area contributed by atoms with Gasteiger partial charge in [-0.25, -0.2) is 4.79 Å². The highest BCUT2D eigenvalue weighted by molar-refractivity contribution is 5.91. The molecule has 2 aromatic rings. The van der Waals surface area contributed by atoms with Crippen molar-refractivity contribution in [3.8, 4) is 0 Å². The molecular formula is C15H14N2O4. The third-order valence-corrected chi connectivity index (χ3v) is 2.90. The number of aromatic carboxylic acids is 1. The normalized spacial score (nSPS) is 10.1. The number of pyridine rings is 1. The number of carbonyl (C=O) groups is 2. The number of aromatic nitrogens is 1. The highest BCUT2D eigenvalue weighted by atomic mass is 16.4. The number of hydrogen-bond donors (Lipinski definition) is 2. The van der Waals surface area contributed by atoms with Crippen molar-refractivity contribution in [2.75, 3.05) is 5.32 Å². The summed E-state index contributed by atoms with van der Waals surface area (Å²) in [5, 5.41) is 11.5. The van der Waals surface area contributed by atoms with Crippen molar-refractivity contribution in [1.82, 2.24) is 4.57 Å². The van der Waals surface area contributed by atoms with Crippen LogP contribution in [0.4, 0.5) is 5.69 Å². The largest absolute Gasteiger partial charge is 0.477 e. The molecule has 0 aliphatic carbocycles. The first-order valence-electron chi connectivity index (χ1n) is 6.26. The number of nitrogens with zero attached hydrogens (tertiary/aromatic N) is 1. The minimum absolute atomic E-state index is 0.242. The van der Waals surface area contributed by atoms with Crippen LogP contribution in [0.25, 0.3) is 0 Å². The zero-order valence-electron chi connectivity index (χ0n) is 11.4. The van der Waals surface area contributed by atoms with E-state index in [0.717, 1.165) is 10.1 Å². The number of amides is 1. The van der Waals surface area contributed by atoms with Gasteiger partial charge in [0.25, 0.3) is 5.56 Å². The van der Waals surface area contributed by atoms with Crippen LogP contribution in [0.2, 0.25) is 0 Å². The van der Waals surface area contributed by atoms with Gasteiger partial charge in [0.1, 0.15) is 12.1 Å². The maximum Gasteiger partial charge on any atom is 0.341 e. The van der Waals surface area contributed by atoms with Gasteiger partial charge >= 0.3 is 5.97 Å². The third-order valence-electron chi connectivity index (χ3n) is 2.90. The molecule has 6 nitrogen and oxygen atoms in total. The fraction of sp³-hybridized carbons (Fsp3) is 0.133. The summed E-state index contributed by atoms with van der Waals surface area (Å²) in [6.07, 6.45) is 1.38. The minimum Gasteiger partial charge on any atom is -0.477 e. The summed E-state index contributed by atoms with van der Waals surface area (Å²) in [6, 6.07) is 9.84. The number of benzene rings is 1. The van der Waals surface area contributed by atoms with E-state index >= 15 is 0 Å². The van der Waals surface area contributed by atoms with Crippen LogP contribution < -0.4 is 10.9 Å². The Morgan fingerprint density at radius 3 is 2.48 bits per heavy atom. The van der Waals surface area contributed by atoms with Gasteiger partial charge in [0, 0.05) is 11.9 Å². The Balaban J connectivity index is 2.13. The lowest BCUT2D eigenvalue weighted by atomic mass is 10.2. The van der Waals surface area contributed by atoms with E-state index in [9.17, 15) is 14.4 Å². The van der Waals surface area contributed by atoms with Crippen LogP contribution in [0, 0.1) is 6.92 Å². The van der Waals surface area contributed by atoms with Gasteiger partial charge < -0.3 is 15.0 Å². The first-order valence-corrected chi connectivity index (χ1v) is 6.26. The van der Waals surface area contributed by atoms with Crippen LogP contribution in [0.15, 0.2) is 47.4 Å². The number of hydrogen-bond acceptors (Lipinski definition) is 3. The van der Waals surface area contributed by atoms with E-state index in [0.29, 0.717) is 5.69 Å². The SMILES string of the molecule is Cc1ccc(NC(=O)Cn2cccc(C(=O)O)c2=O)cc1. The van der Waals surface area contributed by atoms with E-state index in [4.69, 9.17) is 5.11 Å². The van der Waals surface area contributed by atoms with Crippen LogP contribution in [0.1, 0.15) is 15.9 Å². The Morgan fingerprint density at radius 1 is 1.19 bits per heavy atom. The molecule has 1 aromatic heterocycles. The topological polar surface area (TPSA) is 88.4 Å². The van der Waals surface area contributed by atoms with Crippen LogP contribution in [-0.2, 0) is 11.3 Å². The summed E-state index contributed by atoms with van der Waals surface area (Å²) < 4.78 is 1.06. The van der Waals surface area contributed by atoms with E-state index in [1.807, 2.05) is 19.1 Å². The van der Waals surface area contributed by atoms with Gasteiger partial charge in [0.2, 0.25) is 5.91 Å². The highest BCUT2D eigenvalue weighted by Gasteiger charge is 2.12. The molecule has 0 bridgehead atoms. The van der Waals surface area contributed by atoms with Crippen LogP contribution in [-0.4, -0.2) is 21.6 Å². The summed E-state index contributed by atoms with van der Waals surface area (Å²) >= 11 is 0. The van der Waals surface area contributed by atoms with E-state index in [1.54, 1.807) is 12.1 Å². The van der Waals surface area contributed by atoms with Crippen molar-refractivity contribution < 1.29 is 14.7 Å². The Labute approximate surface area is 120 Å². The lowest BCUT2D eigenvalue weighted by Crippen LogP contribution is -2.30. The maximum atomic E-state index is 11.9. The average molecular weight is 286 g/mol. The molecule has 1 aromatic carbocycles. The van der Waals surface area contributed by atoms with Gasteiger partial charge in [-0.1, -0.05) is 17.7 Å². The molecule has 1 amide bonds. The first-order chi connectivity index (χ1) is 9.97. The Kier molecular flexibility index (Phi) is 4.18. The van der Waals surface area contributed by atoms with Crippen LogP contribution >= 0.6 is 0 Å². The molecule has 0 fully saturated rings. The first kappa shape index (κ1) is 14.5. The molecule has 0 unspecified atom stereocenters. The molecule has 0 atom stereocenters. The molecule has 0 aliphatic rings. The number of carbonyl (C=O) groups excluding carboxylic acids is 1. The predicted molar refractivity (Wildman–Crippen MR) is 77.5 cm³/mol. The molecule has 0 saturated carbocycles. The van der Waals surface area contributed by atoms with Crippen molar-refractivity contribution in [3.63, 3.8) is 0 Å². The van der Waals surface area contributed by atoms with Crippen LogP contribution in [0.5, 0.6) is 0 Å². The van der Waals surface area contributed by atoms with Crippen molar-refractivity contribution in [3.05, 3.63) is 64.1 Å². The summed E-state index contributed by atoms with van der Waals surface area (Å²) in [5.41, 5.74) is 0.621. The van der Waals surface area contributed by atoms with E-state index in [2.05, 4.69) is 5.32 Å². The van der Waals surface area contributed by atoms with E-state index < -0.39 is 17.4 Å². The monoisotopic (exact) mass is 286 g/mol. The molecule has 0 aliphatic heterocycles. The second-order valence-corrected chi connectivity index (χ2v) is 4.57. The molecule has 0 spiro atoms. The molecule has 0 saturated heterocycles. The van der Waals surface area contributed by atoms with Gasteiger partial charge in [-0.3, -0.25) is 9.59 Å². The quantitative estimate of drug-likeness (QED) is 0.891. The third kappa shape index (κ3) is 3.56. The fourth-order valence-corrected chi connectivity index (χ4v) is 1.82. The Hall–Kier alpha value is -2.89. The van der Waals surface area contributed by atoms with Crippen molar-refractivity contribution in [1.29, 1.82) is 0 Å². The summed E-state index contributed by atoms with van der Waals surface area (Å²) in [5.74, 6) is -1.71. The molecule has 6 heteroatoms. The molecule has 0 radical (unpaired) electrons. The molecule has 108 valence electrons. The summed E-state index contributed by atoms with van der Waals surface area (Å²) in [7, 11) is 0. The average Bonchev–Trinajstić information content (AvgIpc) is 2.43. The van der Waals surface area contributed by atoms with Gasteiger partial charge in [0.05, 0.1) is 0 Å². The second-order valence-electron chi connectivity index (χ2n) is 4.57. The van der Waals surface area contributed by atoms with Gasteiger partial charge in [0.15, 0.2) is 0 Å². The molecular weight excluding hydrogens is 272 g/mol. The molecule has 2 N–H and O–H groups in total. The van der Waals surface area contributed by atoms with Crippen molar-refractivity contribution in [2.45, 2.75) is 13.5 Å². The lowest BCUT2D eigenvalue weighted by molar-refractivity contribution is -0.116. The number of anilines is 1.